The molecule has 0 radical (unpaired) electrons. The Morgan fingerprint density at radius 2 is 2.06 bits per heavy atom. The minimum Gasteiger partial charge on any atom is -0.480 e. The van der Waals surface area contributed by atoms with Crippen LogP contribution in [0.5, 0.6) is 0 Å². The van der Waals surface area contributed by atoms with Crippen LogP contribution in [0, 0.1) is 0 Å². The van der Waals surface area contributed by atoms with E-state index in [0.29, 0.717) is 0 Å². The second-order valence-corrected chi connectivity index (χ2v) is 5.53. The van der Waals surface area contributed by atoms with Gasteiger partial charge in [-0.3, -0.25) is 4.79 Å². The summed E-state index contributed by atoms with van der Waals surface area (Å²) in [5.74, 6) is -0.692. The number of nitrogens with zero attached hydrogens (tertiary/aromatic N) is 1. The third-order valence-electron chi connectivity index (χ3n) is 2.99. The molecule has 0 aliphatic heterocycles. The molecular formula is C12H15NO2S. The Labute approximate surface area is 99.3 Å². The Kier molecular flexibility index (Phi) is 3.49. The summed E-state index contributed by atoms with van der Waals surface area (Å²) in [5, 5.41) is 10.2. The van der Waals surface area contributed by atoms with Gasteiger partial charge in [0.25, 0.3) is 0 Å². The van der Waals surface area contributed by atoms with Crippen LogP contribution in [0.1, 0.15) is 32.1 Å². The molecule has 0 spiro atoms. The Bertz CT molecular complexity index is 361. The quantitative estimate of drug-likeness (QED) is 0.878. The Morgan fingerprint density at radius 3 is 2.62 bits per heavy atom. The highest BCUT2D eigenvalue weighted by Gasteiger charge is 2.40. The monoisotopic (exact) mass is 237 g/mol. The summed E-state index contributed by atoms with van der Waals surface area (Å²) in [5.41, 5.74) is 0. The van der Waals surface area contributed by atoms with Gasteiger partial charge in [-0.05, 0) is 25.0 Å². The molecule has 1 saturated carbocycles. The molecular weight excluding hydrogens is 222 g/mol. The van der Waals surface area contributed by atoms with Crippen molar-refractivity contribution in [2.24, 2.45) is 0 Å². The molecule has 0 aromatic carbocycles. The zero-order chi connectivity index (χ0) is 11.4. The van der Waals surface area contributed by atoms with Crippen LogP contribution in [0.3, 0.4) is 0 Å². The summed E-state index contributed by atoms with van der Waals surface area (Å²) in [4.78, 5) is 15.6. The highest BCUT2D eigenvalue weighted by Crippen LogP contribution is 2.43. The number of pyridine rings is 1. The molecule has 3 nitrogen and oxygen atoms in total. The van der Waals surface area contributed by atoms with Crippen molar-refractivity contribution in [3.05, 3.63) is 24.4 Å². The van der Waals surface area contributed by atoms with Gasteiger partial charge in [0.05, 0.1) is 5.03 Å². The van der Waals surface area contributed by atoms with Crippen molar-refractivity contribution < 1.29 is 9.90 Å². The van der Waals surface area contributed by atoms with Gasteiger partial charge < -0.3 is 5.11 Å². The standard InChI is InChI=1S/C12H15NO2S/c14-11(15)12(7-3-1-4-8-12)16-10-6-2-5-9-13-10/h2,5-6,9H,1,3-4,7-8H2,(H,14,15). The van der Waals surface area contributed by atoms with Crippen LogP contribution in [0.15, 0.2) is 29.4 Å². The largest absolute Gasteiger partial charge is 0.480 e. The molecule has 2 rings (SSSR count). The van der Waals surface area contributed by atoms with E-state index in [1.807, 2.05) is 18.2 Å². The maximum atomic E-state index is 11.4. The summed E-state index contributed by atoms with van der Waals surface area (Å²) in [6.07, 6.45) is 6.38. The van der Waals surface area contributed by atoms with Crippen molar-refractivity contribution in [2.75, 3.05) is 0 Å². The number of rotatable bonds is 3. The second-order valence-electron chi connectivity index (χ2n) is 4.13. The number of aromatic nitrogens is 1. The summed E-state index contributed by atoms with van der Waals surface area (Å²) in [7, 11) is 0. The molecule has 1 aliphatic rings. The molecule has 1 aromatic rings. The molecule has 1 N–H and O–H groups in total. The average molecular weight is 237 g/mol. The van der Waals surface area contributed by atoms with Crippen molar-refractivity contribution in [3.8, 4) is 0 Å². The van der Waals surface area contributed by atoms with Gasteiger partial charge in [-0.1, -0.05) is 37.1 Å². The highest BCUT2D eigenvalue weighted by molar-refractivity contribution is 8.01. The van der Waals surface area contributed by atoms with Crippen LogP contribution in [-0.4, -0.2) is 20.8 Å². The Balaban J connectivity index is 2.17. The first-order chi connectivity index (χ1) is 7.73. The topological polar surface area (TPSA) is 50.2 Å². The highest BCUT2D eigenvalue weighted by atomic mass is 32.2. The van der Waals surface area contributed by atoms with Crippen molar-refractivity contribution in [1.82, 2.24) is 4.98 Å². The molecule has 4 heteroatoms. The van der Waals surface area contributed by atoms with Crippen LogP contribution in [0.4, 0.5) is 0 Å². The zero-order valence-electron chi connectivity index (χ0n) is 9.06. The minimum atomic E-state index is -0.692. The summed E-state index contributed by atoms with van der Waals surface area (Å²) in [6, 6.07) is 5.62. The van der Waals surface area contributed by atoms with Crippen LogP contribution >= 0.6 is 11.8 Å². The number of carboxylic acid groups (broad SMARTS) is 1. The van der Waals surface area contributed by atoms with Crippen molar-refractivity contribution >= 4 is 17.7 Å². The maximum Gasteiger partial charge on any atom is 0.320 e. The first kappa shape index (κ1) is 11.5. The third-order valence-corrected chi connectivity index (χ3v) is 4.41. The van der Waals surface area contributed by atoms with E-state index < -0.39 is 10.7 Å². The second kappa shape index (κ2) is 4.87. The lowest BCUT2D eigenvalue weighted by molar-refractivity contribution is -0.140. The minimum absolute atomic E-state index is 0.646. The molecule has 86 valence electrons. The number of carbonyl (C=O) groups is 1. The summed E-state index contributed by atoms with van der Waals surface area (Å²) < 4.78 is -0.646. The fraction of sp³-hybridized carbons (Fsp3) is 0.500. The maximum absolute atomic E-state index is 11.4. The van der Waals surface area contributed by atoms with E-state index in [9.17, 15) is 9.90 Å². The molecule has 0 saturated heterocycles. The normalized spacial score (nSPS) is 19.2. The predicted octanol–water partition coefficient (Wildman–Crippen LogP) is 2.96. The van der Waals surface area contributed by atoms with Crippen molar-refractivity contribution in [3.63, 3.8) is 0 Å². The Hall–Kier alpha value is -1.03. The predicted molar refractivity (Wildman–Crippen MR) is 63.5 cm³/mol. The first-order valence-electron chi connectivity index (χ1n) is 5.56. The smallest absolute Gasteiger partial charge is 0.320 e. The van der Waals surface area contributed by atoms with E-state index >= 15 is 0 Å². The van der Waals surface area contributed by atoms with E-state index in [2.05, 4.69) is 4.98 Å². The average Bonchev–Trinajstić information content (AvgIpc) is 2.31. The Morgan fingerprint density at radius 1 is 1.31 bits per heavy atom. The molecule has 1 heterocycles. The van der Waals surface area contributed by atoms with Crippen LogP contribution in [0.25, 0.3) is 0 Å². The van der Waals surface area contributed by atoms with Crippen molar-refractivity contribution in [1.29, 1.82) is 0 Å². The van der Waals surface area contributed by atoms with E-state index in [-0.39, 0.29) is 0 Å². The summed E-state index contributed by atoms with van der Waals surface area (Å²) >= 11 is 1.41. The van der Waals surface area contributed by atoms with Gasteiger partial charge in [-0.2, -0.15) is 0 Å². The number of hydrogen-bond acceptors (Lipinski definition) is 3. The van der Waals surface area contributed by atoms with Gasteiger partial charge in [-0.25, -0.2) is 4.98 Å². The fourth-order valence-corrected chi connectivity index (χ4v) is 3.33. The molecule has 0 atom stereocenters. The fourth-order valence-electron chi connectivity index (χ4n) is 2.09. The number of hydrogen-bond donors (Lipinski definition) is 1. The lowest BCUT2D eigenvalue weighted by Gasteiger charge is -2.31. The number of carboxylic acids is 1. The van der Waals surface area contributed by atoms with Gasteiger partial charge in [0, 0.05) is 6.20 Å². The van der Waals surface area contributed by atoms with Crippen LogP contribution in [-0.2, 0) is 4.79 Å². The van der Waals surface area contributed by atoms with Crippen LogP contribution < -0.4 is 0 Å². The third kappa shape index (κ3) is 2.38. The molecule has 0 amide bonds. The lowest BCUT2D eigenvalue weighted by Crippen LogP contribution is -2.37. The number of aliphatic carboxylic acids is 1. The molecule has 1 aromatic heterocycles. The molecule has 0 unspecified atom stereocenters. The number of thioether (sulfide) groups is 1. The molecule has 1 aliphatic carbocycles. The van der Waals surface area contributed by atoms with Gasteiger partial charge in [0.15, 0.2) is 0 Å². The van der Waals surface area contributed by atoms with Gasteiger partial charge in [0.2, 0.25) is 0 Å². The lowest BCUT2D eigenvalue weighted by atomic mass is 9.88. The van der Waals surface area contributed by atoms with E-state index in [1.165, 1.54) is 11.8 Å². The van der Waals surface area contributed by atoms with E-state index in [1.54, 1.807) is 6.20 Å². The van der Waals surface area contributed by atoms with E-state index in [0.717, 1.165) is 37.1 Å². The first-order valence-corrected chi connectivity index (χ1v) is 6.38. The summed E-state index contributed by atoms with van der Waals surface area (Å²) in [6.45, 7) is 0. The molecule has 16 heavy (non-hydrogen) atoms. The zero-order valence-corrected chi connectivity index (χ0v) is 9.87. The van der Waals surface area contributed by atoms with Crippen molar-refractivity contribution in [2.45, 2.75) is 41.9 Å². The van der Waals surface area contributed by atoms with Gasteiger partial charge in [-0.15, -0.1) is 0 Å². The van der Waals surface area contributed by atoms with Crippen LogP contribution in [0.2, 0.25) is 0 Å². The molecule has 1 fully saturated rings. The van der Waals surface area contributed by atoms with Gasteiger partial charge >= 0.3 is 5.97 Å². The molecule has 0 bridgehead atoms. The van der Waals surface area contributed by atoms with Gasteiger partial charge in [0.1, 0.15) is 4.75 Å². The SMILES string of the molecule is O=C(O)C1(Sc2ccccn2)CCCCC1. The van der Waals surface area contributed by atoms with E-state index in [4.69, 9.17) is 0 Å².